The van der Waals surface area contributed by atoms with Gasteiger partial charge in [-0.3, -0.25) is 9.59 Å². The minimum absolute atomic E-state index is 0.00214. The van der Waals surface area contributed by atoms with E-state index in [9.17, 15) is 28.8 Å². The highest BCUT2D eigenvalue weighted by molar-refractivity contribution is 6.07. The normalized spacial score (nSPS) is 29.5. The van der Waals surface area contributed by atoms with E-state index in [0.29, 0.717) is 0 Å². The molecule has 4 bridgehead atoms. The summed E-state index contributed by atoms with van der Waals surface area (Å²) in [6.07, 6.45) is 6.51. The number of methoxy groups -OCH3 is 4. The van der Waals surface area contributed by atoms with Crippen molar-refractivity contribution in [1.82, 2.24) is 10.6 Å². The van der Waals surface area contributed by atoms with E-state index in [1.54, 1.807) is 38.2 Å². The number of nitrogens with one attached hydrogen (secondary N) is 2. The van der Waals surface area contributed by atoms with Gasteiger partial charge in [-0.15, -0.1) is 0 Å². The number of amides is 2. The van der Waals surface area contributed by atoms with Crippen LogP contribution in [0.15, 0.2) is 46.6 Å². The molecule has 0 radical (unpaired) electrons. The number of rotatable bonds is 12. The quantitative estimate of drug-likeness (QED) is 0.172. The predicted molar refractivity (Wildman–Crippen MR) is 145 cm³/mol. The molecule has 0 saturated heterocycles. The minimum atomic E-state index is -1.42. The van der Waals surface area contributed by atoms with Crippen molar-refractivity contribution in [3.8, 4) is 0 Å². The summed E-state index contributed by atoms with van der Waals surface area (Å²) >= 11 is 0. The first-order chi connectivity index (χ1) is 20.2. The number of esters is 4. The molecule has 0 aromatic heterocycles. The fraction of sp³-hybridized carbons (Fsp3) is 0.517. The summed E-state index contributed by atoms with van der Waals surface area (Å²) in [4.78, 5) is 75.5. The molecule has 2 N–H and O–H groups in total. The molecule has 232 valence electrons. The Labute approximate surface area is 247 Å². The molecule has 4 aliphatic heterocycles. The number of hydrogen-bond donors (Lipinski definition) is 2. The van der Waals surface area contributed by atoms with E-state index in [-0.39, 0.29) is 54.6 Å². The van der Waals surface area contributed by atoms with Crippen molar-refractivity contribution in [2.45, 2.75) is 55.5 Å². The van der Waals surface area contributed by atoms with Crippen LogP contribution in [0.4, 0.5) is 0 Å². The van der Waals surface area contributed by atoms with Gasteiger partial charge in [0.1, 0.15) is 22.4 Å². The summed E-state index contributed by atoms with van der Waals surface area (Å²) in [6.45, 7) is 2.88. The third-order valence-corrected chi connectivity index (χ3v) is 7.93. The average Bonchev–Trinajstić information content (AvgIpc) is 3.68. The van der Waals surface area contributed by atoms with Gasteiger partial charge in [0, 0.05) is 12.8 Å². The Morgan fingerprint density at radius 2 is 0.907 bits per heavy atom. The molecule has 0 fully saturated rings. The molecule has 0 spiro atoms. The van der Waals surface area contributed by atoms with Gasteiger partial charge in [-0.05, 0) is 44.6 Å². The molecule has 4 unspecified atom stereocenters. The fourth-order valence-electron chi connectivity index (χ4n) is 5.92. The van der Waals surface area contributed by atoms with Crippen LogP contribution in [0, 0.1) is 0 Å². The van der Waals surface area contributed by atoms with Crippen LogP contribution in [-0.2, 0) is 57.2 Å². The molecule has 14 nitrogen and oxygen atoms in total. The Morgan fingerprint density at radius 3 is 1.23 bits per heavy atom. The molecule has 4 atom stereocenters. The molecular weight excluding hydrogens is 568 g/mol. The lowest BCUT2D eigenvalue weighted by molar-refractivity contribution is -0.139. The highest BCUT2D eigenvalue weighted by Gasteiger charge is 2.61. The van der Waals surface area contributed by atoms with Crippen molar-refractivity contribution in [3.05, 3.63) is 46.6 Å². The number of carbonyl (C=O) groups is 6. The van der Waals surface area contributed by atoms with Gasteiger partial charge >= 0.3 is 23.9 Å². The summed E-state index contributed by atoms with van der Waals surface area (Å²) in [7, 11) is 4.71. The average molecular weight is 603 g/mol. The lowest BCUT2D eigenvalue weighted by atomic mass is 9.82. The second kappa shape index (κ2) is 11.4. The molecule has 43 heavy (non-hydrogen) atoms. The number of hydrogen-bond acceptors (Lipinski definition) is 12. The van der Waals surface area contributed by atoms with E-state index in [1.807, 2.05) is 0 Å². The zero-order chi connectivity index (χ0) is 31.8. The van der Waals surface area contributed by atoms with Gasteiger partial charge in [0.25, 0.3) is 0 Å². The highest BCUT2D eigenvalue weighted by Crippen LogP contribution is 2.51. The van der Waals surface area contributed by atoms with Crippen molar-refractivity contribution >= 4 is 35.7 Å². The first-order valence-corrected chi connectivity index (χ1v) is 13.4. The maximum absolute atomic E-state index is 12.7. The Kier molecular flexibility index (Phi) is 8.40. The molecule has 4 aliphatic rings. The van der Waals surface area contributed by atoms with Crippen molar-refractivity contribution in [1.29, 1.82) is 0 Å². The first kappa shape index (κ1) is 31.6. The zero-order valence-corrected chi connectivity index (χ0v) is 24.7. The van der Waals surface area contributed by atoms with Gasteiger partial charge in [0.15, 0.2) is 0 Å². The number of carbonyl (C=O) groups excluding carboxylic acids is 6. The Morgan fingerprint density at radius 1 is 0.581 bits per heavy atom. The Hall–Kier alpha value is -4.30. The smallest absolute Gasteiger partial charge is 0.337 e. The number of fused-ring (bicyclic) bond motifs is 4. The van der Waals surface area contributed by atoms with Crippen LogP contribution in [0.2, 0.25) is 0 Å². The van der Waals surface area contributed by atoms with Crippen LogP contribution in [-0.4, -0.2) is 99.6 Å². The molecule has 14 heteroatoms. The van der Waals surface area contributed by atoms with E-state index in [0.717, 1.165) is 0 Å². The summed E-state index contributed by atoms with van der Waals surface area (Å²) in [5.41, 5.74) is -5.39. The van der Waals surface area contributed by atoms with Crippen LogP contribution in [0.5, 0.6) is 0 Å². The maximum atomic E-state index is 12.7. The predicted octanol–water partition coefficient (Wildman–Crippen LogP) is -0.131. The monoisotopic (exact) mass is 602 g/mol. The molecule has 4 heterocycles. The van der Waals surface area contributed by atoms with Gasteiger partial charge in [0.2, 0.25) is 11.8 Å². The molecule has 4 rings (SSSR count). The molecular formula is C29H34N2O12. The van der Waals surface area contributed by atoms with E-state index in [2.05, 4.69) is 10.6 Å². The van der Waals surface area contributed by atoms with E-state index >= 15 is 0 Å². The summed E-state index contributed by atoms with van der Waals surface area (Å²) < 4.78 is 31.5. The molecule has 0 aliphatic carbocycles. The zero-order valence-electron chi connectivity index (χ0n) is 24.7. The summed E-state index contributed by atoms with van der Waals surface area (Å²) in [6, 6.07) is 0. The van der Waals surface area contributed by atoms with Gasteiger partial charge in [0.05, 0.1) is 63.8 Å². The van der Waals surface area contributed by atoms with Crippen LogP contribution in [0.3, 0.4) is 0 Å². The third kappa shape index (κ3) is 5.25. The van der Waals surface area contributed by atoms with Crippen LogP contribution in [0.1, 0.15) is 33.1 Å². The van der Waals surface area contributed by atoms with Gasteiger partial charge in [-0.1, -0.05) is 0 Å². The van der Waals surface area contributed by atoms with Crippen LogP contribution in [0.25, 0.3) is 0 Å². The largest absolute Gasteiger partial charge is 0.466 e. The highest BCUT2D eigenvalue weighted by atomic mass is 16.6. The summed E-state index contributed by atoms with van der Waals surface area (Å²) in [5, 5.41) is 5.39. The van der Waals surface area contributed by atoms with E-state index in [1.165, 1.54) is 28.4 Å². The van der Waals surface area contributed by atoms with Gasteiger partial charge in [-0.25, -0.2) is 19.2 Å². The molecule has 2 amide bonds. The van der Waals surface area contributed by atoms with Gasteiger partial charge in [-0.2, -0.15) is 0 Å². The first-order valence-electron chi connectivity index (χ1n) is 13.4. The molecule has 0 aromatic carbocycles. The summed E-state index contributed by atoms with van der Waals surface area (Å²) in [5.74, 6) is -3.91. The lowest BCUT2D eigenvalue weighted by Crippen LogP contribution is -2.45. The second-order valence-electron chi connectivity index (χ2n) is 10.7. The Bertz CT molecular complexity index is 1310. The van der Waals surface area contributed by atoms with Gasteiger partial charge < -0.3 is 39.1 Å². The standard InChI is InChI=1S/C29H34N2O12/c1-26-10-12-28(42-26,20(24(36)40-5)18(26)22(34)38-3)14-30-16(32)8-7-9-17(33)31-15-29-13-11-27(2,43-29)19(23(35)39-4)21(29)25(37)41-6/h10-13H,7-9,14-15H2,1-6H3,(H,30,32)(H,31,33). The lowest BCUT2D eigenvalue weighted by Gasteiger charge is -2.26. The van der Waals surface area contributed by atoms with Crippen LogP contribution >= 0.6 is 0 Å². The number of ether oxygens (including phenoxy) is 6. The van der Waals surface area contributed by atoms with Crippen LogP contribution < -0.4 is 10.6 Å². The van der Waals surface area contributed by atoms with E-state index in [4.69, 9.17) is 28.4 Å². The molecule has 0 saturated carbocycles. The minimum Gasteiger partial charge on any atom is -0.466 e. The fourth-order valence-corrected chi connectivity index (χ4v) is 5.92. The van der Waals surface area contributed by atoms with Crippen molar-refractivity contribution in [2.24, 2.45) is 0 Å². The maximum Gasteiger partial charge on any atom is 0.337 e. The van der Waals surface area contributed by atoms with Crippen molar-refractivity contribution in [3.63, 3.8) is 0 Å². The molecule has 0 aromatic rings. The Balaban J connectivity index is 1.33. The SMILES string of the molecule is COC(=O)C1=C(C(=O)OC)C2(CNC(=O)CCCC(=O)NCC34C=CC(C)(O3)C(C(=O)OC)=C4C(=O)OC)C=CC1(C)O2. The third-order valence-electron chi connectivity index (χ3n) is 7.93. The topological polar surface area (TPSA) is 182 Å². The van der Waals surface area contributed by atoms with E-state index < -0.39 is 58.1 Å². The van der Waals surface area contributed by atoms with Crippen molar-refractivity contribution in [2.75, 3.05) is 41.5 Å². The second-order valence-corrected chi connectivity index (χ2v) is 10.7. The van der Waals surface area contributed by atoms with Crippen molar-refractivity contribution < 1.29 is 57.2 Å².